The molecule has 1 aliphatic rings. The lowest BCUT2D eigenvalue weighted by Crippen LogP contribution is -2.17. The van der Waals surface area contributed by atoms with Crippen molar-refractivity contribution in [2.24, 2.45) is 5.73 Å². The normalized spacial score (nSPS) is 16.0. The zero-order valence-corrected chi connectivity index (χ0v) is 18.0. The monoisotopic (exact) mass is 400 g/mol. The predicted molar refractivity (Wildman–Crippen MR) is 118 cm³/mol. The first kappa shape index (κ1) is 21.0. The Labute approximate surface area is 174 Å². The average Bonchev–Trinajstić information content (AvgIpc) is 2.93. The number of hydrogen-bond donors (Lipinski definition) is 1. The number of primary amides is 1. The Kier molecular flexibility index (Phi) is 7.23. The van der Waals surface area contributed by atoms with Gasteiger partial charge in [0.2, 0.25) is 0 Å². The lowest BCUT2D eigenvalue weighted by Gasteiger charge is -2.26. The quantitative estimate of drug-likeness (QED) is 0.566. The molecule has 152 valence electrons. The number of hydrogen-bond acceptors (Lipinski definition) is 1. The van der Waals surface area contributed by atoms with E-state index in [9.17, 15) is 4.79 Å². The highest BCUT2D eigenvalue weighted by Crippen LogP contribution is 2.39. The van der Waals surface area contributed by atoms with Gasteiger partial charge in [0, 0.05) is 28.0 Å². The highest BCUT2D eigenvalue weighted by atomic mass is 35.5. The van der Waals surface area contributed by atoms with Gasteiger partial charge in [0.15, 0.2) is 0 Å². The molecule has 1 aromatic heterocycles. The fraction of sp³-hybridized carbons (Fsp3) is 0.542. The van der Waals surface area contributed by atoms with Crippen molar-refractivity contribution in [1.29, 1.82) is 0 Å². The molecular weight excluding hydrogens is 368 g/mol. The smallest absolute Gasteiger partial charge is 0.251 e. The van der Waals surface area contributed by atoms with E-state index >= 15 is 0 Å². The maximum absolute atomic E-state index is 12.5. The van der Waals surface area contributed by atoms with Gasteiger partial charge in [0.05, 0.1) is 5.56 Å². The molecule has 3 nitrogen and oxygen atoms in total. The Bertz CT molecular complexity index is 799. The third-order valence-corrected chi connectivity index (χ3v) is 6.39. The van der Waals surface area contributed by atoms with E-state index in [1.54, 1.807) is 0 Å². The van der Waals surface area contributed by atoms with Crippen LogP contribution in [0.5, 0.6) is 0 Å². The predicted octanol–water partition coefficient (Wildman–Crippen LogP) is 6.84. The molecule has 0 unspecified atom stereocenters. The molecule has 0 radical (unpaired) electrons. The summed E-state index contributed by atoms with van der Waals surface area (Å²) in [5, 5.41) is 0.704. The minimum absolute atomic E-state index is 0.329. The third kappa shape index (κ3) is 4.46. The van der Waals surface area contributed by atoms with Crippen LogP contribution in [0.25, 0.3) is 11.1 Å². The largest absolute Gasteiger partial charge is 0.366 e. The first-order valence-corrected chi connectivity index (χ1v) is 11.2. The lowest BCUT2D eigenvalue weighted by atomic mass is 9.95. The average molecular weight is 401 g/mol. The first-order chi connectivity index (χ1) is 13.5. The summed E-state index contributed by atoms with van der Waals surface area (Å²) >= 11 is 6.12. The van der Waals surface area contributed by atoms with Crippen LogP contribution in [-0.2, 0) is 6.42 Å². The molecule has 4 heteroatoms. The zero-order valence-electron chi connectivity index (χ0n) is 17.3. The Morgan fingerprint density at radius 1 is 1.11 bits per heavy atom. The second-order valence-corrected chi connectivity index (χ2v) is 8.56. The van der Waals surface area contributed by atoms with E-state index in [0.29, 0.717) is 16.6 Å². The molecule has 0 saturated heterocycles. The van der Waals surface area contributed by atoms with Crippen LogP contribution in [-0.4, -0.2) is 10.5 Å². The molecule has 0 aliphatic heterocycles. The summed E-state index contributed by atoms with van der Waals surface area (Å²) in [7, 11) is 0. The summed E-state index contributed by atoms with van der Waals surface area (Å²) in [5.41, 5.74) is 11.0. The number of rotatable bonds is 6. The van der Waals surface area contributed by atoms with Crippen molar-refractivity contribution in [3.05, 3.63) is 46.2 Å². The van der Waals surface area contributed by atoms with E-state index in [0.717, 1.165) is 36.1 Å². The third-order valence-electron chi connectivity index (χ3n) is 6.14. The summed E-state index contributed by atoms with van der Waals surface area (Å²) in [5.74, 6) is -0.329. The van der Waals surface area contributed by atoms with E-state index in [2.05, 4.69) is 18.4 Å². The molecule has 0 bridgehead atoms. The van der Waals surface area contributed by atoms with Crippen LogP contribution in [0, 0.1) is 6.92 Å². The number of aromatic nitrogens is 1. The number of benzene rings is 1. The lowest BCUT2D eigenvalue weighted by molar-refractivity contribution is 0.1000. The van der Waals surface area contributed by atoms with Gasteiger partial charge in [0.25, 0.3) is 5.91 Å². The Morgan fingerprint density at radius 3 is 2.29 bits per heavy atom. The first-order valence-electron chi connectivity index (χ1n) is 10.8. The van der Waals surface area contributed by atoms with Crippen LogP contribution in [0.2, 0.25) is 5.02 Å². The molecule has 28 heavy (non-hydrogen) atoms. The number of unbranched alkanes of at least 4 members (excludes halogenated alkanes) is 1. The van der Waals surface area contributed by atoms with Gasteiger partial charge in [-0.1, -0.05) is 69.2 Å². The van der Waals surface area contributed by atoms with Crippen molar-refractivity contribution in [1.82, 2.24) is 4.57 Å². The number of carbonyl (C=O) groups is 1. The summed E-state index contributed by atoms with van der Waals surface area (Å²) in [4.78, 5) is 12.5. The number of nitrogens with zero attached hydrogens (tertiary/aromatic N) is 1. The highest BCUT2D eigenvalue weighted by Gasteiger charge is 2.28. The Morgan fingerprint density at radius 2 is 1.71 bits per heavy atom. The van der Waals surface area contributed by atoms with Gasteiger partial charge < -0.3 is 10.3 Å². The number of nitrogens with two attached hydrogens (primary N) is 1. The van der Waals surface area contributed by atoms with E-state index < -0.39 is 0 Å². The Balaban J connectivity index is 2.18. The molecule has 0 atom stereocenters. The summed E-state index contributed by atoms with van der Waals surface area (Å²) in [6.45, 7) is 4.29. The Hall–Kier alpha value is -1.74. The molecule has 2 N–H and O–H groups in total. The summed E-state index contributed by atoms with van der Waals surface area (Å²) in [6, 6.07) is 8.29. The van der Waals surface area contributed by atoms with Crippen molar-refractivity contribution in [2.45, 2.75) is 84.1 Å². The molecule has 3 rings (SSSR count). The number of halogens is 1. The molecule has 1 fully saturated rings. The van der Waals surface area contributed by atoms with Gasteiger partial charge in [-0.05, 0) is 50.3 Å². The van der Waals surface area contributed by atoms with Gasteiger partial charge in [0.1, 0.15) is 0 Å². The van der Waals surface area contributed by atoms with Crippen LogP contribution >= 0.6 is 11.6 Å². The standard InChI is InChI=1S/C24H33ClN2O/c1-3-4-12-21-23(18-13-15-19(25)16-14-18)22(24(26)28)17(2)27(21)20-10-8-6-5-7-9-11-20/h13-16,20H,3-12H2,1-2H3,(H2,26,28). The maximum Gasteiger partial charge on any atom is 0.251 e. The summed E-state index contributed by atoms with van der Waals surface area (Å²) < 4.78 is 2.48. The summed E-state index contributed by atoms with van der Waals surface area (Å²) in [6.07, 6.45) is 12.1. The molecule has 1 amide bonds. The second-order valence-electron chi connectivity index (χ2n) is 8.13. The van der Waals surface area contributed by atoms with Crippen LogP contribution in [0.3, 0.4) is 0 Å². The molecule has 1 aliphatic carbocycles. The fourth-order valence-electron chi connectivity index (χ4n) is 4.77. The van der Waals surface area contributed by atoms with E-state index in [4.69, 9.17) is 17.3 Å². The highest BCUT2D eigenvalue weighted by molar-refractivity contribution is 6.30. The van der Waals surface area contributed by atoms with Crippen LogP contribution in [0.4, 0.5) is 0 Å². The van der Waals surface area contributed by atoms with Crippen molar-refractivity contribution in [2.75, 3.05) is 0 Å². The molecule has 1 saturated carbocycles. The van der Waals surface area contributed by atoms with Crippen molar-refractivity contribution >= 4 is 17.5 Å². The topological polar surface area (TPSA) is 48.0 Å². The number of carbonyl (C=O) groups excluding carboxylic acids is 1. The minimum atomic E-state index is -0.329. The molecule has 0 spiro atoms. The van der Waals surface area contributed by atoms with Crippen LogP contribution in [0.15, 0.2) is 24.3 Å². The molecule has 1 heterocycles. The van der Waals surface area contributed by atoms with Crippen molar-refractivity contribution < 1.29 is 4.79 Å². The van der Waals surface area contributed by atoms with E-state index in [-0.39, 0.29) is 5.91 Å². The maximum atomic E-state index is 12.5. The molecular formula is C24H33ClN2O. The van der Waals surface area contributed by atoms with Crippen molar-refractivity contribution in [3.63, 3.8) is 0 Å². The van der Waals surface area contributed by atoms with Crippen LogP contribution in [0.1, 0.15) is 92.5 Å². The van der Waals surface area contributed by atoms with Crippen LogP contribution < -0.4 is 5.73 Å². The van der Waals surface area contributed by atoms with Gasteiger partial charge >= 0.3 is 0 Å². The van der Waals surface area contributed by atoms with Gasteiger partial charge in [-0.25, -0.2) is 0 Å². The van der Waals surface area contributed by atoms with E-state index in [1.165, 1.54) is 50.6 Å². The number of amides is 1. The van der Waals surface area contributed by atoms with Gasteiger partial charge in [-0.2, -0.15) is 0 Å². The minimum Gasteiger partial charge on any atom is -0.366 e. The molecule has 1 aromatic carbocycles. The second kappa shape index (κ2) is 9.65. The van der Waals surface area contributed by atoms with E-state index in [1.807, 2.05) is 24.3 Å². The fourth-order valence-corrected chi connectivity index (χ4v) is 4.90. The van der Waals surface area contributed by atoms with Crippen molar-refractivity contribution in [3.8, 4) is 11.1 Å². The molecule has 2 aromatic rings. The zero-order chi connectivity index (χ0) is 20.1. The van der Waals surface area contributed by atoms with Gasteiger partial charge in [-0.3, -0.25) is 4.79 Å². The van der Waals surface area contributed by atoms with Gasteiger partial charge in [-0.15, -0.1) is 0 Å². The SMILES string of the molecule is CCCCc1c(-c2ccc(Cl)cc2)c(C(N)=O)c(C)n1C1CCCCCCC1.